The van der Waals surface area contributed by atoms with Crippen LogP contribution in [-0.4, -0.2) is 16.2 Å². The van der Waals surface area contributed by atoms with Crippen LogP contribution in [0.1, 0.15) is 6.42 Å². The van der Waals surface area contributed by atoms with E-state index in [4.69, 9.17) is 0 Å². The van der Waals surface area contributed by atoms with Crippen molar-refractivity contribution >= 4 is 22.9 Å². The minimum absolute atomic E-state index is 0.783. The fourth-order valence-corrected chi connectivity index (χ4v) is 2.55. The fourth-order valence-electron chi connectivity index (χ4n) is 1.81. The van der Waals surface area contributed by atoms with E-state index in [2.05, 4.69) is 50.3 Å². The third kappa shape index (κ3) is 1.67. The summed E-state index contributed by atoms with van der Waals surface area (Å²) in [4.78, 5) is 0. The number of allylic oxidation sites excluding steroid dienone is 3. The maximum absolute atomic E-state index is 2.42. The van der Waals surface area contributed by atoms with E-state index >= 15 is 0 Å². The average Bonchev–Trinajstić information content (AvgIpc) is 2.04. The first-order valence-electron chi connectivity index (χ1n) is 4.12. The molecule has 2 unspecified atom stereocenters. The van der Waals surface area contributed by atoms with E-state index < -0.39 is 0 Å². The number of piperidine rings is 1. The molecule has 1 saturated heterocycles. The number of hydrogen-bond donors (Lipinski definition) is 0. The van der Waals surface area contributed by atoms with Crippen LogP contribution in [0, 0.1) is 11.8 Å². The Labute approximate surface area is 81.6 Å². The topological polar surface area (TPSA) is 3.24 Å². The molecule has 2 aliphatic rings. The minimum atomic E-state index is 0.783. The Hall–Kier alpha value is 0.170. The van der Waals surface area contributed by atoms with Crippen LogP contribution < -0.4 is 0 Å². The molecule has 1 heterocycles. The molecule has 0 aromatic heterocycles. The van der Waals surface area contributed by atoms with E-state index in [0.717, 1.165) is 11.8 Å². The highest BCUT2D eigenvalue weighted by atomic mass is 127. The van der Waals surface area contributed by atoms with Gasteiger partial charge in [-0.3, -0.25) is 0 Å². The number of halogens is 1. The van der Waals surface area contributed by atoms with Crippen molar-refractivity contribution in [1.29, 1.82) is 0 Å². The molecule has 0 spiro atoms. The molecule has 0 N–H and O–H groups in total. The van der Waals surface area contributed by atoms with Gasteiger partial charge < -0.3 is 0 Å². The number of hydrogen-bond acceptors (Lipinski definition) is 1. The lowest BCUT2D eigenvalue weighted by Gasteiger charge is -2.33. The molecule has 0 radical (unpaired) electrons. The highest BCUT2D eigenvalue weighted by Gasteiger charge is 2.25. The molecule has 2 atom stereocenters. The summed E-state index contributed by atoms with van der Waals surface area (Å²) >= 11 is 2.42. The van der Waals surface area contributed by atoms with Crippen molar-refractivity contribution in [3.63, 3.8) is 0 Å². The van der Waals surface area contributed by atoms with Crippen molar-refractivity contribution in [2.24, 2.45) is 11.8 Å². The molecule has 1 nitrogen and oxygen atoms in total. The smallest absolute Gasteiger partial charge is 0.0201 e. The number of rotatable bonds is 0. The second kappa shape index (κ2) is 3.27. The lowest BCUT2D eigenvalue weighted by Crippen LogP contribution is -2.33. The number of nitrogens with zero attached hydrogens (tertiary/aromatic N) is 1. The normalized spacial score (nSPS) is 37.2. The molecule has 0 bridgehead atoms. The Balaban J connectivity index is 2.07. The summed E-state index contributed by atoms with van der Waals surface area (Å²) in [5.74, 6) is 1.61. The summed E-state index contributed by atoms with van der Waals surface area (Å²) in [5, 5.41) is 0. The zero-order valence-corrected chi connectivity index (χ0v) is 8.57. The molecular weight excluding hydrogens is 249 g/mol. The van der Waals surface area contributed by atoms with E-state index in [1.54, 1.807) is 0 Å². The summed E-state index contributed by atoms with van der Waals surface area (Å²) in [5.41, 5.74) is 0. The van der Waals surface area contributed by atoms with E-state index in [0.29, 0.717) is 0 Å². The van der Waals surface area contributed by atoms with Crippen molar-refractivity contribution in [3.8, 4) is 0 Å². The van der Waals surface area contributed by atoms with Gasteiger partial charge in [0, 0.05) is 36.0 Å². The predicted octanol–water partition coefficient (Wildman–Crippen LogP) is 2.40. The molecular formula is C9H12IN. The Morgan fingerprint density at radius 1 is 1.18 bits per heavy atom. The van der Waals surface area contributed by atoms with Gasteiger partial charge in [-0.1, -0.05) is 24.3 Å². The summed E-state index contributed by atoms with van der Waals surface area (Å²) < 4.78 is 2.39. The summed E-state index contributed by atoms with van der Waals surface area (Å²) in [6.45, 7) is 2.48. The second-order valence-electron chi connectivity index (χ2n) is 3.26. The summed E-state index contributed by atoms with van der Waals surface area (Å²) in [6.07, 6.45) is 10.4. The van der Waals surface area contributed by atoms with Gasteiger partial charge in [0.15, 0.2) is 0 Å². The van der Waals surface area contributed by atoms with Gasteiger partial charge in [-0.25, -0.2) is 3.11 Å². The molecule has 2 rings (SSSR count). The van der Waals surface area contributed by atoms with Crippen LogP contribution in [0.15, 0.2) is 24.3 Å². The van der Waals surface area contributed by atoms with Gasteiger partial charge in [-0.05, 0) is 18.3 Å². The first kappa shape index (κ1) is 7.80. The predicted molar refractivity (Wildman–Crippen MR) is 55.5 cm³/mol. The lowest BCUT2D eigenvalue weighted by atomic mass is 9.84. The fraction of sp³-hybridized carbons (Fsp3) is 0.556. The van der Waals surface area contributed by atoms with Gasteiger partial charge in [0.25, 0.3) is 0 Å². The van der Waals surface area contributed by atoms with E-state index in [1.165, 1.54) is 19.5 Å². The van der Waals surface area contributed by atoms with Gasteiger partial charge in [0.1, 0.15) is 0 Å². The maximum Gasteiger partial charge on any atom is 0.0201 e. The van der Waals surface area contributed by atoms with E-state index in [9.17, 15) is 0 Å². The van der Waals surface area contributed by atoms with E-state index in [1.807, 2.05) is 0 Å². The molecule has 60 valence electrons. The molecule has 1 aliphatic carbocycles. The van der Waals surface area contributed by atoms with Gasteiger partial charge in [-0.15, -0.1) is 0 Å². The monoisotopic (exact) mass is 261 g/mol. The van der Waals surface area contributed by atoms with Gasteiger partial charge >= 0.3 is 0 Å². The van der Waals surface area contributed by atoms with Crippen molar-refractivity contribution < 1.29 is 0 Å². The highest BCUT2D eigenvalue weighted by Crippen LogP contribution is 2.29. The standard InChI is InChI=1S/C9H12IN/c10-11-6-5-8-3-1-2-4-9(8)7-11/h1-4,8-9H,5-7H2. The third-order valence-electron chi connectivity index (χ3n) is 2.49. The minimum Gasteiger partial charge on any atom is -0.247 e. The zero-order valence-electron chi connectivity index (χ0n) is 6.41. The highest BCUT2D eigenvalue weighted by molar-refractivity contribution is 14.1. The van der Waals surface area contributed by atoms with Gasteiger partial charge in [-0.2, -0.15) is 0 Å². The van der Waals surface area contributed by atoms with Crippen LogP contribution in [0.25, 0.3) is 0 Å². The van der Waals surface area contributed by atoms with Crippen LogP contribution in [0.4, 0.5) is 0 Å². The van der Waals surface area contributed by atoms with Gasteiger partial charge in [0.05, 0.1) is 0 Å². The molecule has 0 saturated carbocycles. The Kier molecular flexibility index (Phi) is 2.32. The van der Waals surface area contributed by atoms with Crippen LogP contribution in [-0.2, 0) is 0 Å². The van der Waals surface area contributed by atoms with Crippen LogP contribution in [0.3, 0.4) is 0 Å². The maximum atomic E-state index is 2.42. The largest absolute Gasteiger partial charge is 0.247 e. The Morgan fingerprint density at radius 2 is 1.91 bits per heavy atom. The second-order valence-corrected chi connectivity index (χ2v) is 4.62. The Bertz CT molecular complexity index is 198. The quantitative estimate of drug-likeness (QED) is 0.478. The molecule has 1 fully saturated rings. The lowest BCUT2D eigenvalue weighted by molar-refractivity contribution is 0.285. The van der Waals surface area contributed by atoms with Crippen molar-refractivity contribution in [2.75, 3.05) is 13.1 Å². The van der Waals surface area contributed by atoms with Crippen LogP contribution in [0.5, 0.6) is 0 Å². The summed E-state index contributed by atoms with van der Waals surface area (Å²) in [6, 6.07) is 0. The first-order chi connectivity index (χ1) is 5.36. The van der Waals surface area contributed by atoms with Crippen LogP contribution in [0.2, 0.25) is 0 Å². The Morgan fingerprint density at radius 3 is 2.73 bits per heavy atom. The van der Waals surface area contributed by atoms with Gasteiger partial charge in [0.2, 0.25) is 0 Å². The molecule has 0 aromatic rings. The first-order valence-corrected chi connectivity index (χ1v) is 5.08. The zero-order chi connectivity index (χ0) is 7.68. The van der Waals surface area contributed by atoms with Crippen molar-refractivity contribution in [1.82, 2.24) is 3.11 Å². The van der Waals surface area contributed by atoms with Crippen LogP contribution >= 0.6 is 22.9 Å². The molecule has 2 heteroatoms. The average molecular weight is 261 g/mol. The molecule has 0 aromatic carbocycles. The number of fused-ring (bicyclic) bond motifs is 1. The van der Waals surface area contributed by atoms with E-state index in [-0.39, 0.29) is 0 Å². The third-order valence-corrected chi connectivity index (χ3v) is 3.37. The molecule has 1 aliphatic heterocycles. The SMILES string of the molecule is IN1CCC2C=CC=CC2C1. The summed E-state index contributed by atoms with van der Waals surface area (Å²) in [7, 11) is 0. The van der Waals surface area contributed by atoms with Crippen molar-refractivity contribution in [3.05, 3.63) is 24.3 Å². The van der Waals surface area contributed by atoms with Crippen molar-refractivity contribution in [2.45, 2.75) is 6.42 Å². The molecule has 11 heavy (non-hydrogen) atoms. The molecule has 0 amide bonds.